The lowest BCUT2D eigenvalue weighted by atomic mass is 10.1. The quantitative estimate of drug-likeness (QED) is 0.786. The normalized spacial score (nSPS) is 19.1. The van der Waals surface area contributed by atoms with E-state index in [0.29, 0.717) is 18.1 Å². The Labute approximate surface area is 110 Å². The van der Waals surface area contributed by atoms with Crippen molar-refractivity contribution < 1.29 is 14.3 Å². The summed E-state index contributed by atoms with van der Waals surface area (Å²) in [5.74, 6) is -0.691. The van der Waals surface area contributed by atoms with Crippen molar-refractivity contribution >= 4 is 23.5 Å². The summed E-state index contributed by atoms with van der Waals surface area (Å²) in [6.45, 7) is 0.894. The molecule has 1 fully saturated rings. The monoisotopic (exact) mass is 267 g/mol. The molecule has 0 N–H and O–H groups in total. The van der Waals surface area contributed by atoms with Gasteiger partial charge in [0.25, 0.3) is 0 Å². The van der Waals surface area contributed by atoms with Crippen LogP contribution in [0.2, 0.25) is 5.02 Å². The van der Waals surface area contributed by atoms with Gasteiger partial charge in [0.1, 0.15) is 0 Å². The first-order valence-corrected chi connectivity index (χ1v) is 6.08. The van der Waals surface area contributed by atoms with Crippen LogP contribution < -0.4 is 0 Å². The highest BCUT2D eigenvalue weighted by Gasteiger charge is 2.34. The zero-order valence-electron chi connectivity index (χ0n) is 10.1. The molecule has 4 nitrogen and oxygen atoms in total. The topological polar surface area (TPSA) is 46.6 Å². The first kappa shape index (κ1) is 12.9. The Kier molecular flexibility index (Phi) is 3.87. The van der Waals surface area contributed by atoms with Crippen LogP contribution in [0.15, 0.2) is 24.3 Å². The summed E-state index contributed by atoms with van der Waals surface area (Å²) >= 11 is 5.89. The van der Waals surface area contributed by atoms with Crippen molar-refractivity contribution in [1.29, 1.82) is 0 Å². The smallest absolute Gasteiger partial charge is 0.310 e. The van der Waals surface area contributed by atoms with Gasteiger partial charge in [0.15, 0.2) is 0 Å². The molecule has 1 aromatic rings. The Morgan fingerprint density at radius 1 is 1.56 bits per heavy atom. The van der Waals surface area contributed by atoms with E-state index in [1.165, 1.54) is 7.11 Å². The molecule has 1 amide bonds. The van der Waals surface area contributed by atoms with E-state index in [1.807, 2.05) is 18.2 Å². The second-order valence-electron chi connectivity index (χ2n) is 4.33. The fourth-order valence-electron chi connectivity index (χ4n) is 2.11. The summed E-state index contributed by atoms with van der Waals surface area (Å²) < 4.78 is 4.66. The Hall–Kier alpha value is -1.55. The highest BCUT2D eigenvalue weighted by atomic mass is 35.5. The lowest BCUT2D eigenvalue weighted by Gasteiger charge is -2.16. The number of methoxy groups -OCH3 is 1. The van der Waals surface area contributed by atoms with Crippen LogP contribution in [0.25, 0.3) is 0 Å². The molecule has 1 heterocycles. The molecule has 1 atom stereocenters. The molecule has 0 aliphatic carbocycles. The van der Waals surface area contributed by atoms with Crippen molar-refractivity contribution in [3.63, 3.8) is 0 Å². The van der Waals surface area contributed by atoms with Gasteiger partial charge in [-0.05, 0) is 17.7 Å². The summed E-state index contributed by atoms with van der Waals surface area (Å²) in [5.41, 5.74) is 0.960. The molecule has 0 saturated carbocycles. The van der Waals surface area contributed by atoms with Crippen LogP contribution in [0.5, 0.6) is 0 Å². The summed E-state index contributed by atoms with van der Waals surface area (Å²) in [6.07, 6.45) is 0.229. The molecule has 1 aliphatic heterocycles. The third-order valence-electron chi connectivity index (χ3n) is 3.01. The van der Waals surface area contributed by atoms with E-state index in [-0.39, 0.29) is 24.2 Å². The van der Waals surface area contributed by atoms with Crippen molar-refractivity contribution in [1.82, 2.24) is 4.90 Å². The first-order valence-electron chi connectivity index (χ1n) is 5.70. The highest BCUT2D eigenvalue weighted by Crippen LogP contribution is 2.22. The van der Waals surface area contributed by atoms with Crippen LogP contribution >= 0.6 is 11.6 Å². The molecule has 0 spiro atoms. The molecule has 1 saturated heterocycles. The molecule has 0 aromatic heterocycles. The summed E-state index contributed by atoms with van der Waals surface area (Å²) in [5, 5.41) is 0.642. The highest BCUT2D eigenvalue weighted by molar-refractivity contribution is 6.30. The Morgan fingerprint density at radius 3 is 3.00 bits per heavy atom. The lowest BCUT2D eigenvalue weighted by molar-refractivity contribution is -0.145. The van der Waals surface area contributed by atoms with Gasteiger partial charge in [-0.15, -0.1) is 0 Å². The van der Waals surface area contributed by atoms with Crippen LogP contribution in [0.4, 0.5) is 0 Å². The molecule has 5 heteroatoms. The molecule has 0 bridgehead atoms. The van der Waals surface area contributed by atoms with Crippen LogP contribution in [0.3, 0.4) is 0 Å². The number of rotatable bonds is 3. The second-order valence-corrected chi connectivity index (χ2v) is 4.76. The van der Waals surface area contributed by atoms with Crippen molar-refractivity contribution in [2.75, 3.05) is 13.7 Å². The van der Waals surface area contributed by atoms with Crippen molar-refractivity contribution in [2.45, 2.75) is 13.0 Å². The maximum Gasteiger partial charge on any atom is 0.310 e. The van der Waals surface area contributed by atoms with Gasteiger partial charge in [-0.25, -0.2) is 0 Å². The van der Waals surface area contributed by atoms with Gasteiger partial charge in [0.2, 0.25) is 5.91 Å². The maximum atomic E-state index is 11.8. The number of carbonyl (C=O) groups excluding carboxylic acids is 2. The maximum absolute atomic E-state index is 11.8. The molecule has 1 aliphatic rings. The molecular formula is C13H14ClNO3. The Balaban J connectivity index is 2.02. The summed E-state index contributed by atoms with van der Waals surface area (Å²) in [7, 11) is 1.34. The average molecular weight is 268 g/mol. The van der Waals surface area contributed by atoms with Gasteiger partial charge in [-0.3, -0.25) is 9.59 Å². The minimum absolute atomic E-state index is 0.0228. The fraction of sp³-hybridized carbons (Fsp3) is 0.385. The standard InChI is InChI=1S/C13H14ClNO3/c1-18-13(17)10-6-12(16)15(8-10)7-9-3-2-4-11(14)5-9/h2-5,10H,6-8H2,1H3/t10-/m0/s1. The van der Waals surface area contributed by atoms with Gasteiger partial charge in [-0.2, -0.15) is 0 Å². The number of benzene rings is 1. The van der Waals surface area contributed by atoms with Gasteiger partial charge in [0, 0.05) is 24.5 Å². The summed E-state index contributed by atoms with van der Waals surface area (Å²) in [4.78, 5) is 24.8. The number of esters is 1. The molecule has 0 unspecified atom stereocenters. The van der Waals surface area contributed by atoms with Crippen molar-refractivity contribution in [2.24, 2.45) is 5.92 Å². The molecule has 1 aromatic carbocycles. The van der Waals surface area contributed by atoms with Crippen molar-refractivity contribution in [3.8, 4) is 0 Å². The van der Waals surface area contributed by atoms with Gasteiger partial charge >= 0.3 is 5.97 Å². The van der Waals surface area contributed by atoms with E-state index in [1.54, 1.807) is 11.0 Å². The second kappa shape index (κ2) is 5.40. The Morgan fingerprint density at radius 2 is 2.33 bits per heavy atom. The van der Waals surface area contributed by atoms with Gasteiger partial charge in [-0.1, -0.05) is 23.7 Å². The number of amides is 1. The number of halogens is 1. The molecule has 0 radical (unpaired) electrons. The lowest BCUT2D eigenvalue weighted by Crippen LogP contribution is -2.26. The van der Waals surface area contributed by atoms with Crippen LogP contribution in [-0.4, -0.2) is 30.4 Å². The van der Waals surface area contributed by atoms with E-state index in [0.717, 1.165) is 5.56 Å². The minimum Gasteiger partial charge on any atom is -0.469 e. The van der Waals surface area contributed by atoms with Crippen molar-refractivity contribution in [3.05, 3.63) is 34.9 Å². The third kappa shape index (κ3) is 2.82. The van der Waals surface area contributed by atoms with Gasteiger partial charge < -0.3 is 9.64 Å². The number of ether oxygens (including phenoxy) is 1. The van der Waals surface area contributed by atoms with Gasteiger partial charge in [0.05, 0.1) is 13.0 Å². The molecule has 96 valence electrons. The third-order valence-corrected chi connectivity index (χ3v) is 3.25. The zero-order valence-corrected chi connectivity index (χ0v) is 10.8. The number of nitrogens with zero attached hydrogens (tertiary/aromatic N) is 1. The number of likely N-dealkylation sites (tertiary alicyclic amines) is 1. The van der Waals surface area contributed by atoms with Crippen LogP contribution in [0, 0.1) is 5.92 Å². The number of hydrogen-bond acceptors (Lipinski definition) is 3. The van der Waals surface area contributed by atoms with E-state index in [2.05, 4.69) is 4.74 Å². The SMILES string of the molecule is COC(=O)[C@H]1CC(=O)N(Cc2cccc(Cl)c2)C1. The fourth-order valence-corrected chi connectivity index (χ4v) is 2.32. The van der Waals surface area contributed by atoms with Crippen LogP contribution in [0.1, 0.15) is 12.0 Å². The number of carbonyl (C=O) groups is 2. The minimum atomic E-state index is -0.346. The van der Waals surface area contributed by atoms with E-state index in [4.69, 9.17) is 11.6 Å². The predicted molar refractivity (Wildman–Crippen MR) is 67.0 cm³/mol. The average Bonchev–Trinajstić information content (AvgIpc) is 2.70. The first-order chi connectivity index (χ1) is 8.60. The van der Waals surface area contributed by atoms with E-state index < -0.39 is 0 Å². The Bertz CT molecular complexity index is 475. The van der Waals surface area contributed by atoms with E-state index in [9.17, 15) is 9.59 Å². The predicted octanol–water partition coefficient (Wildman–Crippen LogP) is 1.86. The molecular weight excluding hydrogens is 254 g/mol. The van der Waals surface area contributed by atoms with E-state index >= 15 is 0 Å². The molecule has 2 rings (SSSR count). The summed E-state index contributed by atoms with van der Waals surface area (Å²) in [6, 6.07) is 7.36. The molecule has 18 heavy (non-hydrogen) atoms. The van der Waals surface area contributed by atoms with Crippen LogP contribution in [-0.2, 0) is 20.9 Å². The number of hydrogen-bond donors (Lipinski definition) is 0. The zero-order chi connectivity index (χ0) is 13.1. The largest absolute Gasteiger partial charge is 0.469 e.